The molecule has 0 aromatic rings. The smallest absolute Gasteiger partial charge is 0.326 e. The van der Waals surface area contributed by atoms with Crippen molar-refractivity contribution in [2.45, 2.75) is 58.4 Å². The van der Waals surface area contributed by atoms with Crippen LogP contribution in [0.2, 0.25) is 0 Å². The van der Waals surface area contributed by atoms with Crippen LogP contribution in [0.25, 0.3) is 0 Å². The van der Waals surface area contributed by atoms with Gasteiger partial charge in [-0.25, -0.2) is 4.79 Å². The lowest BCUT2D eigenvalue weighted by molar-refractivity contribution is -0.142. The van der Waals surface area contributed by atoms with E-state index >= 15 is 0 Å². The molecule has 0 aliphatic carbocycles. The highest BCUT2D eigenvalue weighted by molar-refractivity contribution is 5.85. The Labute approximate surface area is 113 Å². The van der Waals surface area contributed by atoms with Gasteiger partial charge in [-0.3, -0.25) is 9.59 Å². The normalized spacial score (nSPS) is 12.2. The molecule has 0 rings (SSSR count). The molecule has 6 heteroatoms. The highest BCUT2D eigenvalue weighted by Crippen LogP contribution is 2.14. The van der Waals surface area contributed by atoms with Crippen LogP contribution >= 0.6 is 0 Å². The summed E-state index contributed by atoms with van der Waals surface area (Å²) < 4.78 is 0. The number of carbonyl (C=O) groups is 3. The Kier molecular flexibility index (Phi) is 8.57. The Hall–Kier alpha value is -1.59. The number of hydrogen-bond donors (Lipinski definition) is 3. The quantitative estimate of drug-likeness (QED) is 0.552. The minimum absolute atomic E-state index is 0.0291. The predicted octanol–water partition coefficient (Wildman–Crippen LogP) is 1.04. The van der Waals surface area contributed by atoms with Crippen molar-refractivity contribution in [2.75, 3.05) is 0 Å². The Morgan fingerprint density at radius 1 is 1.11 bits per heavy atom. The zero-order valence-electron chi connectivity index (χ0n) is 11.6. The van der Waals surface area contributed by atoms with Crippen LogP contribution in [-0.4, -0.2) is 28.9 Å². The largest absolute Gasteiger partial charge is 0.480 e. The molecule has 110 valence electrons. The minimum Gasteiger partial charge on any atom is -0.480 e. The summed E-state index contributed by atoms with van der Waals surface area (Å²) in [6.45, 7) is 3.97. The maximum Gasteiger partial charge on any atom is 0.326 e. The summed E-state index contributed by atoms with van der Waals surface area (Å²) in [5, 5.41) is 11.5. The number of nitrogens with one attached hydrogen (secondary N) is 1. The number of carboxylic acids is 1. The van der Waals surface area contributed by atoms with Crippen LogP contribution in [0.4, 0.5) is 0 Å². The van der Waals surface area contributed by atoms with Crippen molar-refractivity contribution in [3.63, 3.8) is 0 Å². The van der Waals surface area contributed by atoms with Gasteiger partial charge in [0, 0.05) is 12.3 Å². The topological polar surface area (TPSA) is 109 Å². The van der Waals surface area contributed by atoms with Gasteiger partial charge in [0.05, 0.1) is 0 Å². The molecule has 0 heterocycles. The number of amides is 2. The van der Waals surface area contributed by atoms with E-state index in [4.69, 9.17) is 10.8 Å². The van der Waals surface area contributed by atoms with Crippen molar-refractivity contribution < 1.29 is 19.5 Å². The standard InChI is InChI=1S/C13H24N2O4/c1-3-5-9(6-4-2)12(17)15-10(13(18)19)7-8-11(14)16/h9-10H,3-8H2,1-2H3,(H2,14,16)(H,15,17)(H,18,19)/t10-/m1/s1. The summed E-state index contributed by atoms with van der Waals surface area (Å²) in [5.74, 6) is -2.12. The van der Waals surface area contributed by atoms with E-state index < -0.39 is 17.9 Å². The summed E-state index contributed by atoms with van der Waals surface area (Å²) in [6.07, 6.45) is 3.20. The third kappa shape index (κ3) is 7.43. The zero-order valence-corrected chi connectivity index (χ0v) is 11.6. The van der Waals surface area contributed by atoms with Gasteiger partial charge in [0.2, 0.25) is 11.8 Å². The van der Waals surface area contributed by atoms with Gasteiger partial charge in [0.1, 0.15) is 6.04 Å². The Bertz CT molecular complexity index is 312. The third-order valence-corrected chi connectivity index (χ3v) is 2.94. The van der Waals surface area contributed by atoms with Crippen molar-refractivity contribution in [2.24, 2.45) is 11.7 Å². The molecule has 0 aliphatic rings. The summed E-state index contributed by atoms with van der Waals surface area (Å²) in [7, 11) is 0. The van der Waals surface area contributed by atoms with E-state index in [-0.39, 0.29) is 24.7 Å². The first-order chi connectivity index (χ1) is 8.92. The molecule has 2 amide bonds. The van der Waals surface area contributed by atoms with E-state index in [1.54, 1.807) is 0 Å². The molecular weight excluding hydrogens is 248 g/mol. The van der Waals surface area contributed by atoms with Crippen molar-refractivity contribution in [1.29, 1.82) is 0 Å². The molecule has 0 unspecified atom stereocenters. The van der Waals surface area contributed by atoms with E-state index in [0.717, 1.165) is 25.7 Å². The van der Waals surface area contributed by atoms with Crippen LogP contribution < -0.4 is 11.1 Å². The van der Waals surface area contributed by atoms with Gasteiger partial charge in [-0.2, -0.15) is 0 Å². The average Bonchev–Trinajstić information content (AvgIpc) is 2.33. The minimum atomic E-state index is -1.14. The van der Waals surface area contributed by atoms with Gasteiger partial charge in [-0.1, -0.05) is 26.7 Å². The molecule has 4 N–H and O–H groups in total. The number of rotatable bonds is 10. The SMILES string of the molecule is CCCC(CCC)C(=O)N[C@H](CCC(N)=O)C(=O)O. The first-order valence-electron chi connectivity index (χ1n) is 6.73. The zero-order chi connectivity index (χ0) is 14.8. The second-order valence-corrected chi connectivity index (χ2v) is 4.68. The lowest BCUT2D eigenvalue weighted by atomic mass is 9.96. The highest BCUT2D eigenvalue weighted by Gasteiger charge is 2.24. The van der Waals surface area contributed by atoms with Crippen molar-refractivity contribution in [1.82, 2.24) is 5.32 Å². The molecule has 0 radical (unpaired) electrons. The molecule has 0 saturated carbocycles. The van der Waals surface area contributed by atoms with Crippen LogP contribution in [0.1, 0.15) is 52.4 Å². The van der Waals surface area contributed by atoms with Gasteiger partial charge >= 0.3 is 5.97 Å². The Balaban J connectivity index is 4.49. The van der Waals surface area contributed by atoms with Gasteiger partial charge < -0.3 is 16.2 Å². The van der Waals surface area contributed by atoms with Gasteiger partial charge in [-0.05, 0) is 19.3 Å². The summed E-state index contributed by atoms with van der Waals surface area (Å²) >= 11 is 0. The molecule has 0 aliphatic heterocycles. The number of primary amides is 1. The monoisotopic (exact) mass is 272 g/mol. The first kappa shape index (κ1) is 17.4. The van der Waals surface area contributed by atoms with Crippen LogP contribution in [-0.2, 0) is 14.4 Å². The summed E-state index contributed by atoms with van der Waals surface area (Å²) in [6, 6.07) is -1.05. The number of nitrogens with two attached hydrogens (primary N) is 1. The van der Waals surface area contributed by atoms with E-state index in [0.29, 0.717) is 0 Å². The van der Waals surface area contributed by atoms with Gasteiger partial charge in [0.15, 0.2) is 0 Å². The van der Waals surface area contributed by atoms with Gasteiger partial charge in [0.25, 0.3) is 0 Å². The molecule has 0 bridgehead atoms. The second kappa shape index (κ2) is 9.35. The second-order valence-electron chi connectivity index (χ2n) is 4.68. The lowest BCUT2D eigenvalue weighted by Crippen LogP contribution is -2.44. The van der Waals surface area contributed by atoms with Crippen molar-refractivity contribution in [3.8, 4) is 0 Å². The molecule has 6 nitrogen and oxygen atoms in total. The summed E-state index contributed by atoms with van der Waals surface area (Å²) in [4.78, 5) is 33.7. The van der Waals surface area contributed by atoms with Gasteiger partial charge in [-0.15, -0.1) is 0 Å². The average molecular weight is 272 g/mol. The van der Waals surface area contributed by atoms with Crippen LogP contribution in [0, 0.1) is 5.92 Å². The predicted molar refractivity (Wildman–Crippen MR) is 71.3 cm³/mol. The van der Waals surface area contributed by atoms with E-state index in [1.165, 1.54) is 0 Å². The van der Waals surface area contributed by atoms with Crippen LogP contribution in [0.15, 0.2) is 0 Å². The Morgan fingerprint density at radius 2 is 1.63 bits per heavy atom. The Morgan fingerprint density at radius 3 is 2.00 bits per heavy atom. The summed E-state index contributed by atoms with van der Waals surface area (Å²) in [5.41, 5.74) is 4.98. The fourth-order valence-electron chi connectivity index (χ4n) is 1.94. The van der Waals surface area contributed by atoms with Crippen LogP contribution in [0.3, 0.4) is 0 Å². The highest BCUT2D eigenvalue weighted by atomic mass is 16.4. The van der Waals surface area contributed by atoms with Crippen molar-refractivity contribution >= 4 is 17.8 Å². The molecule has 0 saturated heterocycles. The molecular formula is C13H24N2O4. The fourth-order valence-corrected chi connectivity index (χ4v) is 1.94. The number of carbonyl (C=O) groups excluding carboxylic acids is 2. The number of aliphatic carboxylic acids is 1. The van der Waals surface area contributed by atoms with E-state index in [2.05, 4.69) is 5.32 Å². The number of hydrogen-bond acceptors (Lipinski definition) is 3. The van der Waals surface area contributed by atoms with Crippen molar-refractivity contribution in [3.05, 3.63) is 0 Å². The molecule has 0 aromatic heterocycles. The molecule has 1 atom stereocenters. The molecule has 19 heavy (non-hydrogen) atoms. The fraction of sp³-hybridized carbons (Fsp3) is 0.769. The maximum absolute atomic E-state index is 12.0. The van der Waals surface area contributed by atoms with Crippen LogP contribution in [0.5, 0.6) is 0 Å². The third-order valence-electron chi connectivity index (χ3n) is 2.94. The van der Waals surface area contributed by atoms with E-state index in [1.807, 2.05) is 13.8 Å². The first-order valence-corrected chi connectivity index (χ1v) is 6.73. The maximum atomic E-state index is 12.0. The van der Waals surface area contributed by atoms with E-state index in [9.17, 15) is 14.4 Å². The lowest BCUT2D eigenvalue weighted by Gasteiger charge is -2.19. The number of carboxylic acid groups (broad SMARTS) is 1. The molecule has 0 aromatic carbocycles. The molecule has 0 spiro atoms. The molecule has 0 fully saturated rings.